The van der Waals surface area contributed by atoms with E-state index in [2.05, 4.69) is 16.9 Å². The Labute approximate surface area is 253 Å². The maximum atomic E-state index is 10.1. The van der Waals surface area contributed by atoms with E-state index in [0.717, 1.165) is 41.9 Å². The summed E-state index contributed by atoms with van der Waals surface area (Å²) in [4.78, 5) is 2.99. The van der Waals surface area contributed by atoms with Crippen LogP contribution in [0.2, 0.25) is 0 Å². The van der Waals surface area contributed by atoms with Crippen molar-refractivity contribution in [1.29, 1.82) is 0 Å². The Kier molecular flexibility index (Phi) is 19.2. The van der Waals surface area contributed by atoms with E-state index in [9.17, 15) is 10.6 Å². The predicted molar refractivity (Wildman–Crippen MR) is 169 cm³/mol. The van der Waals surface area contributed by atoms with Crippen LogP contribution in [-0.4, -0.2) is 44.2 Å². The lowest BCUT2D eigenvalue weighted by Gasteiger charge is -2.31. The zero-order valence-corrected chi connectivity index (χ0v) is 26.1. The smallest absolute Gasteiger partial charge is 0.118 e. The van der Waals surface area contributed by atoms with Gasteiger partial charge in [0, 0.05) is 4.91 Å². The van der Waals surface area contributed by atoms with Crippen molar-refractivity contribution in [3.05, 3.63) is 70.1 Å². The summed E-state index contributed by atoms with van der Waals surface area (Å²) in [7, 11) is 3.28. The molecule has 0 bridgehead atoms. The molecule has 0 heterocycles. The first kappa shape index (κ1) is 35.4. The molecule has 0 aliphatic heterocycles. The molecule has 0 radical (unpaired) electrons. The number of nitrogens with zero attached hydrogens (tertiary/aromatic N) is 3. The molecule has 0 aliphatic rings. The van der Waals surface area contributed by atoms with Crippen LogP contribution in [0.4, 0.5) is 0 Å². The van der Waals surface area contributed by atoms with Gasteiger partial charge in [0.25, 0.3) is 0 Å². The highest BCUT2D eigenvalue weighted by Crippen LogP contribution is 2.23. The molecule has 2 rings (SSSR count). The molecule has 0 saturated heterocycles. The maximum Gasteiger partial charge on any atom is 0.118 e. The van der Waals surface area contributed by atoms with Gasteiger partial charge in [-0.2, -0.15) is 0 Å². The fourth-order valence-corrected chi connectivity index (χ4v) is 5.11. The Morgan fingerprint density at radius 2 is 1.14 bits per heavy atom. The van der Waals surface area contributed by atoms with Crippen LogP contribution in [-0.2, 0) is 22.7 Å². The van der Waals surface area contributed by atoms with Crippen molar-refractivity contribution in [2.24, 2.45) is 5.11 Å². The standard InChI is InChI=1S/C34H53N3O5/c1-4-5-6-7-8-9-10-11-12-13-14-15-16-33(41-26-28-17-21-30(39-2)22-18-28)34(32(25-38)36-37-35)42-27-29-19-23-31(40-3)24-20-29/h17-24,32-34,38H,4-16,25-27H2,1-3H3/t32-,33-,34+/m1/s1. The molecule has 0 aromatic heterocycles. The van der Waals surface area contributed by atoms with Gasteiger partial charge >= 0.3 is 0 Å². The van der Waals surface area contributed by atoms with Gasteiger partial charge in [-0.25, -0.2) is 0 Å². The highest BCUT2D eigenvalue weighted by atomic mass is 16.5. The molecule has 2 aromatic rings. The number of ether oxygens (including phenoxy) is 4. The maximum absolute atomic E-state index is 10.1. The lowest BCUT2D eigenvalue weighted by Crippen LogP contribution is -2.42. The Bertz CT molecular complexity index is 980. The van der Waals surface area contributed by atoms with E-state index in [1.165, 1.54) is 64.2 Å². The second-order valence-electron chi connectivity index (χ2n) is 11.0. The lowest BCUT2D eigenvalue weighted by atomic mass is 9.99. The molecular weight excluding hydrogens is 530 g/mol. The van der Waals surface area contributed by atoms with Crippen LogP contribution in [0, 0.1) is 0 Å². The number of aliphatic hydroxyl groups excluding tert-OH is 1. The Morgan fingerprint density at radius 3 is 1.57 bits per heavy atom. The Balaban J connectivity index is 1.98. The molecule has 2 aromatic carbocycles. The van der Waals surface area contributed by atoms with E-state index < -0.39 is 12.1 Å². The largest absolute Gasteiger partial charge is 0.497 e. The summed E-state index contributed by atoms with van der Waals surface area (Å²) in [6, 6.07) is 14.7. The number of hydrogen-bond donors (Lipinski definition) is 1. The molecule has 3 atom stereocenters. The van der Waals surface area contributed by atoms with Crippen molar-refractivity contribution in [2.45, 2.75) is 122 Å². The molecule has 0 fully saturated rings. The summed E-state index contributed by atoms with van der Waals surface area (Å²) < 4.78 is 23.3. The van der Waals surface area contributed by atoms with Crippen LogP contribution in [0.25, 0.3) is 10.4 Å². The van der Waals surface area contributed by atoms with Gasteiger partial charge in [0.1, 0.15) is 11.5 Å². The molecule has 0 amide bonds. The van der Waals surface area contributed by atoms with Gasteiger partial charge in [0.2, 0.25) is 0 Å². The average Bonchev–Trinajstić information content (AvgIpc) is 3.03. The van der Waals surface area contributed by atoms with Crippen molar-refractivity contribution < 1.29 is 24.1 Å². The monoisotopic (exact) mass is 583 g/mol. The quantitative estimate of drug-likeness (QED) is 0.0543. The number of azide groups is 1. The number of benzene rings is 2. The van der Waals surface area contributed by atoms with E-state index >= 15 is 0 Å². The van der Waals surface area contributed by atoms with Crippen molar-refractivity contribution in [3.8, 4) is 11.5 Å². The Hall–Kier alpha value is -2.77. The van der Waals surface area contributed by atoms with Crippen molar-refractivity contribution >= 4 is 0 Å². The molecule has 0 unspecified atom stereocenters. The van der Waals surface area contributed by atoms with E-state index in [1.807, 2.05) is 48.5 Å². The van der Waals surface area contributed by atoms with Gasteiger partial charge in [0.15, 0.2) is 0 Å². The second-order valence-corrected chi connectivity index (χ2v) is 11.0. The minimum absolute atomic E-state index is 0.299. The number of aliphatic hydroxyl groups is 1. The average molecular weight is 584 g/mol. The number of methoxy groups -OCH3 is 2. The fourth-order valence-electron chi connectivity index (χ4n) is 5.11. The van der Waals surface area contributed by atoms with Gasteiger partial charge in [-0.3, -0.25) is 0 Å². The minimum atomic E-state index is -0.758. The van der Waals surface area contributed by atoms with Crippen molar-refractivity contribution in [1.82, 2.24) is 0 Å². The summed E-state index contributed by atoms with van der Waals surface area (Å²) >= 11 is 0. The molecule has 1 N–H and O–H groups in total. The summed E-state index contributed by atoms with van der Waals surface area (Å²) in [5.41, 5.74) is 11.2. The highest BCUT2D eigenvalue weighted by molar-refractivity contribution is 5.27. The molecule has 0 spiro atoms. The van der Waals surface area contributed by atoms with Crippen LogP contribution in [0.5, 0.6) is 11.5 Å². The topological polar surface area (TPSA) is 106 Å². The summed E-state index contributed by atoms with van der Waals surface area (Å²) in [6.07, 6.45) is 15.1. The SMILES string of the molecule is CCCCCCCCCCCCCC[C@@H](OCc1ccc(OC)cc1)[C@@H](OCc1ccc(OC)cc1)[C@@H](CO)N=[N+]=[N-]. The van der Waals surface area contributed by atoms with E-state index in [4.69, 9.17) is 18.9 Å². The third-order valence-electron chi connectivity index (χ3n) is 7.70. The van der Waals surface area contributed by atoms with Crippen molar-refractivity contribution in [3.63, 3.8) is 0 Å². The zero-order chi connectivity index (χ0) is 30.3. The highest BCUT2D eigenvalue weighted by Gasteiger charge is 2.30. The first-order valence-corrected chi connectivity index (χ1v) is 15.8. The van der Waals surface area contributed by atoms with Gasteiger partial charge in [0.05, 0.1) is 52.3 Å². The molecular formula is C34H53N3O5. The first-order valence-electron chi connectivity index (χ1n) is 15.8. The minimum Gasteiger partial charge on any atom is -0.497 e. The van der Waals surface area contributed by atoms with E-state index in [1.54, 1.807) is 14.2 Å². The molecule has 8 heteroatoms. The summed E-state index contributed by atoms with van der Waals surface area (Å²) in [5, 5.41) is 14.0. The zero-order valence-electron chi connectivity index (χ0n) is 26.1. The lowest BCUT2D eigenvalue weighted by molar-refractivity contribution is -0.104. The van der Waals surface area contributed by atoms with Crippen LogP contribution < -0.4 is 9.47 Å². The van der Waals surface area contributed by atoms with Crippen LogP contribution in [0.3, 0.4) is 0 Å². The Morgan fingerprint density at radius 1 is 0.690 bits per heavy atom. The third kappa shape index (κ3) is 14.4. The van der Waals surface area contributed by atoms with Gasteiger partial charge in [-0.1, -0.05) is 113 Å². The van der Waals surface area contributed by atoms with Crippen LogP contribution >= 0.6 is 0 Å². The second kappa shape index (κ2) is 22.8. The molecule has 8 nitrogen and oxygen atoms in total. The molecule has 0 saturated carbocycles. The number of unbranched alkanes of at least 4 members (excludes halogenated alkanes) is 11. The first-order chi connectivity index (χ1) is 20.6. The molecule has 0 aliphatic carbocycles. The number of rotatable bonds is 25. The van der Waals surface area contributed by atoms with Gasteiger partial charge < -0.3 is 24.1 Å². The predicted octanol–water partition coefficient (Wildman–Crippen LogP) is 8.94. The van der Waals surface area contributed by atoms with Crippen LogP contribution in [0.1, 0.15) is 102 Å². The van der Waals surface area contributed by atoms with Gasteiger partial charge in [-0.05, 0) is 47.3 Å². The van der Waals surface area contributed by atoms with Gasteiger partial charge in [-0.15, -0.1) is 0 Å². The van der Waals surface area contributed by atoms with E-state index in [0.29, 0.717) is 13.2 Å². The summed E-state index contributed by atoms with van der Waals surface area (Å²) in [6.45, 7) is 2.62. The number of hydrogen-bond acceptors (Lipinski definition) is 6. The normalized spacial score (nSPS) is 13.2. The summed E-state index contributed by atoms with van der Waals surface area (Å²) in [5.74, 6) is 1.56. The van der Waals surface area contributed by atoms with Crippen molar-refractivity contribution in [2.75, 3.05) is 20.8 Å². The molecule has 234 valence electrons. The molecule has 42 heavy (non-hydrogen) atoms. The fraction of sp³-hybridized carbons (Fsp3) is 0.647. The van der Waals surface area contributed by atoms with Crippen LogP contribution in [0.15, 0.2) is 53.6 Å². The third-order valence-corrected chi connectivity index (χ3v) is 7.70. The van der Waals surface area contributed by atoms with E-state index in [-0.39, 0.29) is 12.7 Å².